The van der Waals surface area contributed by atoms with Crippen LogP contribution in [0.2, 0.25) is 0 Å². The molecule has 0 aromatic heterocycles. The first-order valence-electron chi connectivity index (χ1n) is 6.75. The Bertz CT molecular complexity index is 443. The van der Waals surface area contributed by atoms with Crippen LogP contribution >= 0.6 is 0 Å². The Morgan fingerprint density at radius 2 is 2.11 bits per heavy atom. The van der Waals surface area contributed by atoms with Crippen LogP contribution in [0.3, 0.4) is 0 Å². The summed E-state index contributed by atoms with van der Waals surface area (Å²) in [6.45, 7) is 6.56. The predicted octanol–water partition coefficient (Wildman–Crippen LogP) is 3.90. The van der Waals surface area contributed by atoms with Gasteiger partial charge in [0.2, 0.25) is 0 Å². The summed E-state index contributed by atoms with van der Waals surface area (Å²) in [7, 11) is 0. The summed E-state index contributed by atoms with van der Waals surface area (Å²) in [4.78, 5) is 0. The maximum Gasteiger partial charge on any atom is 0.131 e. The van der Waals surface area contributed by atoms with E-state index in [1.807, 2.05) is 6.92 Å². The molecule has 3 heteroatoms. The average Bonchev–Trinajstić information content (AvgIpc) is 2.47. The van der Waals surface area contributed by atoms with Gasteiger partial charge in [0.05, 0.1) is 0 Å². The number of nitrogens with one attached hydrogen (secondary N) is 1. The minimum Gasteiger partial charge on any atom is -0.310 e. The normalized spacial score (nSPS) is 23.6. The van der Waals surface area contributed by atoms with Gasteiger partial charge in [0.15, 0.2) is 0 Å². The van der Waals surface area contributed by atoms with Crippen molar-refractivity contribution in [2.45, 2.75) is 46.1 Å². The summed E-state index contributed by atoms with van der Waals surface area (Å²) < 4.78 is 28.4. The van der Waals surface area contributed by atoms with Gasteiger partial charge in [-0.3, -0.25) is 0 Å². The van der Waals surface area contributed by atoms with Crippen molar-refractivity contribution in [1.29, 1.82) is 0 Å². The highest BCUT2D eigenvalue weighted by Gasteiger charge is 2.28. The van der Waals surface area contributed by atoms with E-state index in [4.69, 9.17) is 0 Å². The molecule has 0 heterocycles. The third kappa shape index (κ3) is 2.41. The molecule has 0 fully saturated rings. The summed E-state index contributed by atoms with van der Waals surface area (Å²) in [5.74, 6) is 0.00732. The second-order valence-electron chi connectivity index (χ2n) is 5.37. The van der Waals surface area contributed by atoms with Gasteiger partial charge < -0.3 is 5.32 Å². The van der Waals surface area contributed by atoms with E-state index >= 15 is 0 Å². The van der Waals surface area contributed by atoms with Gasteiger partial charge in [0.1, 0.15) is 11.6 Å². The number of benzene rings is 1. The first-order chi connectivity index (χ1) is 8.54. The quantitative estimate of drug-likeness (QED) is 0.788. The Hall–Kier alpha value is -0.960. The monoisotopic (exact) mass is 253 g/mol. The van der Waals surface area contributed by atoms with E-state index in [2.05, 4.69) is 12.2 Å². The molecule has 0 radical (unpaired) electrons. The zero-order chi connectivity index (χ0) is 13.3. The zero-order valence-electron chi connectivity index (χ0n) is 11.3. The lowest BCUT2D eigenvalue weighted by Crippen LogP contribution is -2.24. The van der Waals surface area contributed by atoms with Crippen LogP contribution in [0.25, 0.3) is 0 Å². The van der Waals surface area contributed by atoms with Crippen LogP contribution in [0, 0.1) is 24.5 Å². The van der Waals surface area contributed by atoms with Gasteiger partial charge in [0.25, 0.3) is 0 Å². The molecule has 100 valence electrons. The van der Waals surface area contributed by atoms with Gasteiger partial charge in [-0.05, 0) is 55.8 Å². The van der Waals surface area contributed by atoms with Gasteiger partial charge in [-0.15, -0.1) is 0 Å². The molecular weight excluding hydrogens is 232 g/mol. The number of halogens is 2. The maximum atomic E-state index is 14.3. The van der Waals surface area contributed by atoms with Gasteiger partial charge in [-0.2, -0.15) is 0 Å². The lowest BCUT2D eigenvalue weighted by molar-refractivity contribution is 0.405. The Balaban J connectivity index is 2.54. The second kappa shape index (κ2) is 5.35. The summed E-state index contributed by atoms with van der Waals surface area (Å²) in [5.41, 5.74) is 1.55. The molecule has 1 nitrogen and oxygen atoms in total. The van der Waals surface area contributed by atoms with Crippen molar-refractivity contribution < 1.29 is 8.78 Å². The van der Waals surface area contributed by atoms with Crippen LogP contribution in [-0.2, 0) is 6.42 Å². The maximum absolute atomic E-state index is 14.3. The van der Waals surface area contributed by atoms with Crippen LogP contribution in [0.4, 0.5) is 8.78 Å². The molecule has 2 rings (SSSR count). The van der Waals surface area contributed by atoms with E-state index in [1.54, 1.807) is 6.92 Å². The van der Waals surface area contributed by atoms with Crippen molar-refractivity contribution in [2.24, 2.45) is 5.92 Å². The molecule has 1 aromatic rings. The molecule has 0 saturated carbocycles. The zero-order valence-corrected chi connectivity index (χ0v) is 11.3. The Morgan fingerprint density at radius 3 is 2.78 bits per heavy atom. The molecule has 0 saturated heterocycles. The fourth-order valence-electron chi connectivity index (χ4n) is 2.89. The number of aryl methyl sites for hydroxylation is 1. The molecule has 2 atom stereocenters. The van der Waals surface area contributed by atoms with E-state index in [-0.39, 0.29) is 17.7 Å². The summed E-state index contributed by atoms with van der Waals surface area (Å²) in [5, 5.41) is 3.30. The van der Waals surface area contributed by atoms with E-state index in [1.165, 1.54) is 6.07 Å². The van der Waals surface area contributed by atoms with Crippen molar-refractivity contribution in [1.82, 2.24) is 5.32 Å². The van der Waals surface area contributed by atoms with Crippen molar-refractivity contribution in [3.8, 4) is 0 Å². The average molecular weight is 253 g/mol. The van der Waals surface area contributed by atoms with Gasteiger partial charge in [0, 0.05) is 11.6 Å². The minimum atomic E-state index is -0.249. The largest absolute Gasteiger partial charge is 0.310 e. The fraction of sp³-hybridized carbons (Fsp3) is 0.600. The molecule has 18 heavy (non-hydrogen) atoms. The van der Waals surface area contributed by atoms with Crippen molar-refractivity contribution in [3.63, 3.8) is 0 Å². The van der Waals surface area contributed by atoms with Gasteiger partial charge in [-0.25, -0.2) is 8.78 Å². The number of hydrogen-bond acceptors (Lipinski definition) is 1. The number of hydrogen-bond donors (Lipinski definition) is 1. The molecule has 0 aliphatic heterocycles. The lowest BCUT2D eigenvalue weighted by atomic mass is 9.94. The highest BCUT2D eigenvalue weighted by atomic mass is 19.1. The summed E-state index contributed by atoms with van der Waals surface area (Å²) in [6, 6.07) is 1.27. The van der Waals surface area contributed by atoms with Crippen molar-refractivity contribution in [2.75, 3.05) is 6.54 Å². The second-order valence-corrected chi connectivity index (χ2v) is 5.37. The van der Waals surface area contributed by atoms with Crippen molar-refractivity contribution >= 4 is 0 Å². The number of fused-ring (bicyclic) bond motifs is 1. The highest BCUT2D eigenvalue weighted by molar-refractivity contribution is 5.38. The van der Waals surface area contributed by atoms with Crippen LogP contribution < -0.4 is 5.32 Å². The van der Waals surface area contributed by atoms with Gasteiger partial charge in [-0.1, -0.05) is 13.8 Å². The van der Waals surface area contributed by atoms with Crippen LogP contribution in [0.1, 0.15) is 49.4 Å². The van der Waals surface area contributed by atoms with E-state index in [0.29, 0.717) is 29.0 Å². The molecular formula is C15H21F2N. The van der Waals surface area contributed by atoms with E-state index < -0.39 is 0 Å². The summed E-state index contributed by atoms with van der Waals surface area (Å²) >= 11 is 0. The third-order valence-electron chi connectivity index (χ3n) is 3.86. The SMILES string of the molecule is CCNC1CC(C)CCc2c(F)cc(C)c(F)c21. The molecule has 0 amide bonds. The first-order valence-corrected chi connectivity index (χ1v) is 6.75. The summed E-state index contributed by atoms with van der Waals surface area (Å²) in [6.07, 6.45) is 2.44. The lowest BCUT2D eigenvalue weighted by Gasteiger charge is -2.22. The van der Waals surface area contributed by atoms with Crippen LogP contribution in [0.15, 0.2) is 6.07 Å². The Labute approximate surface area is 108 Å². The molecule has 0 spiro atoms. The Morgan fingerprint density at radius 1 is 1.39 bits per heavy atom. The molecule has 1 aromatic carbocycles. The minimum absolute atomic E-state index is 0.0584. The first kappa shape index (κ1) is 13.5. The van der Waals surface area contributed by atoms with Crippen LogP contribution in [0.5, 0.6) is 0 Å². The molecule has 2 unspecified atom stereocenters. The molecule has 1 aliphatic carbocycles. The van der Waals surface area contributed by atoms with Crippen LogP contribution in [-0.4, -0.2) is 6.54 Å². The fourth-order valence-corrected chi connectivity index (χ4v) is 2.89. The van der Waals surface area contributed by atoms with Crippen molar-refractivity contribution in [3.05, 3.63) is 34.4 Å². The standard InChI is InChI=1S/C15H21F2N/c1-4-18-13-7-9(2)5-6-11-12(16)8-10(3)15(17)14(11)13/h8-9,13,18H,4-7H2,1-3H3. The predicted molar refractivity (Wildman–Crippen MR) is 69.6 cm³/mol. The Kier molecular flexibility index (Phi) is 4.00. The van der Waals surface area contributed by atoms with Gasteiger partial charge >= 0.3 is 0 Å². The molecule has 0 bridgehead atoms. The topological polar surface area (TPSA) is 12.0 Å². The van der Waals surface area contributed by atoms with E-state index in [0.717, 1.165) is 19.4 Å². The molecule has 1 aliphatic rings. The molecule has 1 N–H and O–H groups in total. The highest BCUT2D eigenvalue weighted by Crippen LogP contribution is 2.35. The van der Waals surface area contributed by atoms with E-state index in [9.17, 15) is 8.78 Å². The number of rotatable bonds is 2. The third-order valence-corrected chi connectivity index (χ3v) is 3.86. The smallest absolute Gasteiger partial charge is 0.131 e.